The fraction of sp³-hybridized carbons (Fsp3) is 0.500. The Labute approximate surface area is 139 Å². The van der Waals surface area contributed by atoms with Crippen LogP contribution in [0.15, 0.2) is 28.7 Å². The van der Waals surface area contributed by atoms with E-state index in [4.69, 9.17) is 22.7 Å². The summed E-state index contributed by atoms with van der Waals surface area (Å²) in [6.45, 7) is 2.59. The number of rotatable bonds is 6. The summed E-state index contributed by atoms with van der Waals surface area (Å²) in [4.78, 5) is 0.208. The summed E-state index contributed by atoms with van der Waals surface area (Å²) in [6.07, 6.45) is 1.23. The number of sulfone groups is 1. The molecule has 0 heterocycles. The van der Waals surface area contributed by atoms with Crippen LogP contribution < -0.4 is 5.73 Å². The summed E-state index contributed by atoms with van der Waals surface area (Å²) in [5.74, 6) is -0.246. The van der Waals surface area contributed by atoms with Gasteiger partial charge in [-0.1, -0.05) is 40.3 Å². The second-order valence-corrected chi connectivity index (χ2v) is 8.84. The average molecular weight is 392 g/mol. The van der Waals surface area contributed by atoms with Crippen molar-refractivity contribution in [1.82, 2.24) is 0 Å². The molecule has 0 unspecified atom stereocenters. The van der Waals surface area contributed by atoms with E-state index in [1.165, 1.54) is 6.26 Å². The maximum Gasteiger partial charge on any atom is 0.152 e. The molecule has 7 heteroatoms. The van der Waals surface area contributed by atoms with Crippen molar-refractivity contribution < 1.29 is 13.2 Å². The summed E-state index contributed by atoms with van der Waals surface area (Å²) >= 11 is 8.56. The second-order valence-electron chi connectivity index (χ2n) is 5.32. The van der Waals surface area contributed by atoms with Crippen LogP contribution in [0.2, 0.25) is 0 Å². The number of hydrogen-bond acceptors (Lipinski definition) is 4. The predicted octanol–water partition coefficient (Wildman–Crippen LogP) is 2.27. The molecule has 0 aliphatic heterocycles. The van der Waals surface area contributed by atoms with Crippen LogP contribution in [0.3, 0.4) is 0 Å². The zero-order valence-electron chi connectivity index (χ0n) is 11.9. The standard InChI is InChI=1S/C14H18BrNO3S2/c1-3-19-8-14(13(16)20)11(12(14)21(2,17)18)9-4-6-10(15)7-5-9/h4-7,11-12H,3,8H2,1-2H3,(H2,16,20)/t11-,12+,14-/m1/s1. The summed E-state index contributed by atoms with van der Waals surface area (Å²) < 4.78 is 30.7. The number of halogens is 1. The molecule has 0 amide bonds. The number of benzene rings is 1. The van der Waals surface area contributed by atoms with E-state index in [9.17, 15) is 8.42 Å². The van der Waals surface area contributed by atoms with E-state index in [1.54, 1.807) is 0 Å². The van der Waals surface area contributed by atoms with Gasteiger partial charge in [-0.25, -0.2) is 8.42 Å². The Hall–Kier alpha value is -0.500. The smallest absolute Gasteiger partial charge is 0.152 e. The van der Waals surface area contributed by atoms with E-state index < -0.39 is 20.5 Å². The van der Waals surface area contributed by atoms with Gasteiger partial charge in [0, 0.05) is 23.3 Å². The third kappa shape index (κ3) is 3.02. The van der Waals surface area contributed by atoms with Gasteiger partial charge in [0.25, 0.3) is 0 Å². The van der Waals surface area contributed by atoms with Crippen LogP contribution in [0.25, 0.3) is 0 Å². The third-order valence-corrected chi connectivity index (χ3v) is 6.47. The van der Waals surface area contributed by atoms with Gasteiger partial charge in [-0.3, -0.25) is 0 Å². The van der Waals surface area contributed by atoms with Gasteiger partial charge in [-0.05, 0) is 24.6 Å². The predicted molar refractivity (Wildman–Crippen MR) is 91.2 cm³/mol. The Morgan fingerprint density at radius 1 is 1.43 bits per heavy atom. The highest BCUT2D eigenvalue weighted by Crippen LogP contribution is 2.63. The SMILES string of the molecule is CCOC[C@@]1(C(N)=S)[C@H](c2ccc(Br)cc2)[C@@H]1S(C)(=O)=O. The van der Waals surface area contributed by atoms with Crippen LogP contribution in [0.4, 0.5) is 0 Å². The minimum absolute atomic E-state index is 0.208. The largest absolute Gasteiger partial charge is 0.393 e. The van der Waals surface area contributed by atoms with Crippen molar-refractivity contribution in [1.29, 1.82) is 0 Å². The molecule has 1 saturated carbocycles. The normalized spacial score (nSPS) is 28.3. The molecule has 116 valence electrons. The molecule has 3 atom stereocenters. The number of hydrogen-bond donors (Lipinski definition) is 1. The molecule has 0 bridgehead atoms. The molecule has 4 nitrogen and oxygen atoms in total. The maximum absolute atomic E-state index is 12.1. The van der Waals surface area contributed by atoms with Crippen molar-refractivity contribution in [3.05, 3.63) is 34.3 Å². The highest BCUT2D eigenvalue weighted by Gasteiger charge is 2.71. The first-order valence-electron chi connectivity index (χ1n) is 6.57. The van der Waals surface area contributed by atoms with Gasteiger partial charge >= 0.3 is 0 Å². The first-order chi connectivity index (χ1) is 9.75. The Kier molecular flexibility index (Phi) is 4.78. The Bertz CT molecular complexity index is 645. The zero-order valence-corrected chi connectivity index (χ0v) is 15.1. The lowest BCUT2D eigenvalue weighted by Crippen LogP contribution is -2.33. The fourth-order valence-corrected chi connectivity index (χ4v) is 5.56. The fourth-order valence-electron chi connectivity index (χ4n) is 2.98. The molecule has 1 aliphatic rings. The lowest BCUT2D eigenvalue weighted by Gasteiger charge is -2.16. The molecule has 0 saturated heterocycles. The minimum Gasteiger partial charge on any atom is -0.393 e. The van der Waals surface area contributed by atoms with E-state index in [1.807, 2.05) is 31.2 Å². The Morgan fingerprint density at radius 3 is 2.43 bits per heavy atom. The zero-order chi connectivity index (χ0) is 15.8. The molecule has 0 aromatic heterocycles. The molecule has 21 heavy (non-hydrogen) atoms. The van der Waals surface area contributed by atoms with Crippen molar-refractivity contribution in [2.24, 2.45) is 11.1 Å². The topological polar surface area (TPSA) is 69.4 Å². The van der Waals surface area contributed by atoms with Gasteiger partial charge in [0.05, 0.1) is 22.3 Å². The average Bonchev–Trinajstić information content (AvgIpc) is 3.08. The van der Waals surface area contributed by atoms with Gasteiger partial charge < -0.3 is 10.5 Å². The van der Waals surface area contributed by atoms with Crippen LogP contribution >= 0.6 is 28.1 Å². The van der Waals surface area contributed by atoms with Gasteiger partial charge in [-0.15, -0.1) is 0 Å². The summed E-state index contributed by atoms with van der Waals surface area (Å²) in [6, 6.07) is 7.58. The van der Waals surface area contributed by atoms with Gasteiger partial charge in [-0.2, -0.15) is 0 Å². The van der Waals surface area contributed by atoms with Crippen LogP contribution in [-0.2, 0) is 14.6 Å². The van der Waals surface area contributed by atoms with Gasteiger partial charge in [0.15, 0.2) is 9.84 Å². The van der Waals surface area contributed by atoms with E-state index in [2.05, 4.69) is 15.9 Å². The summed E-state index contributed by atoms with van der Waals surface area (Å²) in [7, 11) is -3.28. The molecular weight excluding hydrogens is 374 g/mol. The van der Waals surface area contributed by atoms with Gasteiger partial charge in [0.2, 0.25) is 0 Å². The summed E-state index contributed by atoms with van der Waals surface area (Å²) in [5.41, 5.74) is 6.01. The highest BCUT2D eigenvalue weighted by molar-refractivity contribution is 9.10. The molecule has 2 rings (SSSR count). The molecule has 1 fully saturated rings. The minimum atomic E-state index is -3.28. The maximum atomic E-state index is 12.1. The molecular formula is C14H18BrNO3S2. The molecule has 0 radical (unpaired) electrons. The van der Waals surface area contributed by atoms with E-state index in [0.717, 1.165) is 10.0 Å². The third-order valence-electron chi connectivity index (χ3n) is 3.95. The monoisotopic (exact) mass is 391 g/mol. The van der Waals surface area contributed by atoms with Crippen molar-refractivity contribution in [2.75, 3.05) is 19.5 Å². The summed E-state index contributed by atoms with van der Waals surface area (Å²) in [5, 5.41) is -0.616. The number of thiocarbonyl (C=S) groups is 1. The molecule has 0 spiro atoms. The molecule has 2 N–H and O–H groups in total. The Morgan fingerprint density at radius 2 is 2.00 bits per heavy atom. The van der Waals surface area contributed by atoms with Crippen LogP contribution in [0.1, 0.15) is 18.4 Å². The van der Waals surface area contributed by atoms with Crippen molar-refractivity contribution in [3.63, 3.8) is 0 Å². The first-order valence-corrected chi connectivity index (χ1v) is 9.72. The lowest BCUT2D eigenvalue weighted by molar-refractivity contribution is 0.121. The van der Waals surface area contributed by atoms with E-state index in [-0.39, 0.29) is 17.5 Å². The Balaban J connectivity index is 2.46. The lowest BCUT2D eigenvalue weighted by atomic mass is 10.00. The van der Waals surface area contributed by atoms with E-state index >= 15 is 0 Å². The van der Waals surface area contributed by atoms with Crippen molar-refractivity contribution in [3.8, 4) is 0 Å². The number of nitrogens with two attached hydrogens (primary N) is 1. The molecule has 1 aromatic rings. The molecule has 1 aliphatic carbocycles. The van der Waals surface area contributed by atoms with Crippen LogP contribution in [0, 0.1) is 5.41 Å². The highest BCUT2D eigenvalue weighted by atomic mass is 79.9. The van der Waals surface area contributed by atoms with Gasteiger partial charge in [0.1, 0.15) is 0 Å². The second kappa shape index (κ2) is 5.95. The quantitative estimate of drug-likeness (QED) is 0.753. The van der Waals surface area contributed by atoms with Crippen LogP contribution in [0.5, 0.6) is 0 Å². The van der Waals surface area contributed by atoms with E-state index in [0.29, 0.717) is 6.61 Å². The first kappa shape index (κ1) is 16.9. The van der Waals surface area contributed by atoms with Crippen molar-refractivity contribution in [2.45, 2.75) is 18.1 Å². The molecule has 1 aromatic carbocycles. The number of ether oxygens (including phenoxy) is 1. The van der Waals surface area contributed by atoms with Crippen molar-refractivity contribution >= 4 is 43.0 Å². The van der Waals surface area contributed by atoms with Crippen LogP contribution in [-0.4, -0.2) is 38.1 Å².